The number of hydrogen-bond acceptors (Lipinski definition) is 9. The van der Waals surface area contributed by atoms with Gasteiger partial charge >= 0.3 is 24.3 Å². The molecule has 11 nitrogen and oxygen atoms in total. The molecule has 2 aromatic carbocycles. The van der Waals surface area contributed by atoms with E-state index in [1.165, 1.54) is 12.1 Å². The van der Waals surface area contributed by atoms with Gasteiger partial charge in [0.1, 0.15) is 24.1 Å². The van der Waals surface area contributed by atoms with Crippen LogP contribution >= 0.6 is 0 Å². The van der Waals surface area contributed by atoms with Crippen molar-refractivity contribution in [3.8, 4) is 5.75 Å². The van der Waals surface area contributed by atoms with Gasteiger partial charge in [-0.15, -0.1) is 0 Å². The molecule has 2 aromatic rings. The molecule has 0 saturated carbocycles. The van der Waals surface area contributed by atoms with Crippen molar-refractivity contribution in [2.75, 3.05) is 26.7 Å². The number of carboxylic acids is 2. The number of nitrogens with one attached hydrogen (secondary N) is 1. The van der Waals surface area contributed by atoms with Crippen molar-refractivity contribution >= 4 is 35.3 Å². The van der Waals surface area contributed by atoms with Crippen molar-refractivity contribution in [2.24, 2.45) is 4.99 Å². The minimum absolute atomic E-state index is 0.0612. The lowest BCUT2D eigenvalue weighted by Crippen LogP contribution is -2.40. The summed E-state index contributed by atoms with van der Waals surface area (Å²) in [5.41, 5.74) is -3.62. The predicted molar refractivity (Wildman–Crippen MR) is 197 cm³/mol. The first-order valence-corrected chi connectivity index (χ1v) is 18.4. The Labute approximate surface area is 332 Å². The number of Topliss-reactive ketones (excluding diaryl/α,β-unsaturated/α-hetero) is 2. The summed E-state index contributed by atoms with van der Waals surface area (Å²) >= 11 is 0. The molecule has 0 bridgehead atoms. The Bertz CT molecular complexity index is 2040. The fourth-order valence-electron chi connectivity index (χ4n) is 6.58. The number of allylic oxidation sites excluding steroid dienone is 6. The summed E-state index contributed by atoms with van der Waals surface area (Å²) in [5.74, 6) is -8.26. The molecule has 0 spiro atoms. The second-order valence-corrected chi connectivity index (χ2v) is 13.9. The molecule has 320 valence electrons. The van der Waals surface area contributed by atoms with Crippen molar-refractivity contribution in [1.82, 2.24) is 10.2 Å². The van der Waals surface area contributed by atoms with Crippen LogP contribution in [-0.2, 0) is 38.2 Å². The van der Waals surface area contributed by atoms with Gasteiger partial charge in [-0.25, -0.2) is 4.39 Å². The van der Waals surface area contributed by atoms with Gasteiger partial charge in [0.15, 0.2) is 23.1 Å². The monoisotopic (exact) mass is 843 g/mol. The molecule has 0 amide bonds. The van der Waals surface area contributed by atoms with Crippen molar-refractivity contribution in [1.29, 1.82) is 0 Å². The molecule has 0 saturated heterocycles. The Morgan fingerprint density at radius 1 is 1.00 bits per heavy atom. The van der Waals surface area contributed by atoms with Gasteiger partial charge in [-0.2, -0.15) is 30.7 Å². The first kappa shape index (κ1) is 46.3. The fraction of sp³-hybridized carbons (Fsp3) is 0.425. The molecular formula is C40H41F8N3O8. The number of aryl methyl sites for hydroxylation is 1. The number of ether oxygens (including phenoxy) is 1. The number of carboxylic acid groups (broad SMARTS) is 2. The van der Waals surface area contributed by atoms with E-state index < -0.39 is 107 Å². The summed E-state index contributed by atoms with van der Waals surface area (Å²) in [6.45, 7) is -0.203. The zero-order chi connectivity index (χ0) is 43.7. The number of aliphatic imine (C=N–C) groups is 1. The van der Waals surface area contributed by atoms with Crippen LogP contribution in [0.4, 0.5) is 35.1 Å². The molecule has 2 aliphatic heterocycles. The predicted octanol–water partition coefficient (Wildman–Crippen LogP) is 7.18. The van der Waals surface area contributed by atoms with Crippen LogP contribution in [0, 0.1) is 11.6 Å². The number of aliphatic hydroxyl groups is 1. The Morgan fingerprint density at radius 2 is 1.71 bits per heavy atom. The van der Waals surface area contributed by atoms with Crippen LogP contribution in [0.15, 0.2) is 64.5 Å². The molecule has 2 heterocycles. The standard InChI is InChI=1S/C40H41F8N3O8/c1-51-15-3-2-6-29(52)35(30(53)11-8-22-7-10-25(39(43,44)45)19-27(22)23-5-4-13-50-33(18-23)40(46,47)48)31(54)20-26(51)17-24-9-12-32(37(42)36(24)41)59-16-14-49-28(38(57)58)21-34(55)56/h5,7,9-10,12-13,18-19,26,28,49,52H,2-4,6,8,11,14-17,20-21H2,1H3,(H,55,56)(H,57,58)/b35-29+/t26?,28-/m0/s1. The molecule has 2 atom stereocenters. The van der Waals surface area contributed by atoms with E-state index in [0.717, 1.165) is 24.4 Å². The number of carbonyl (C=O) groups excluding carboxylic acids is 2. The summed E-state index contributed by atoms with van der Waals surface area (Å²) < 4.78 is 118. The van der Waals surface area contributed by atoms with Crippen LogP contribution in [0.5, 0.6) is 5.75 Å². The third-order valence-corrected chi connectivity index (χ3v) is 9.70. The highest BCUT2D eigenvalue weighted by Gasteiger charge is 2.36. The number of alkyl halides is 6. The Kier molecular flexibility index (Phi) is 15.7. The molecule has 4 rings (SSSR count). The van der Waals surface area contributed by atoms with E-state index in [4.69, 9.17) is 14.9 Å². The van der Waals surface area contributed by atoms with E-state index in [9.17, 15) is 50.6 Å². The second-order valence-electron chi connectivity index (χ2n) is 13.9. The Balaban J connectivity index is 1.53. The largest absolute Gasteiger partial charge is 0.511 e. The number of ketones is 2. The molecule has 0 aromatic heterocycles. The molecule has 0 radical (unpaired) electrons. The summed E-state index contributed by atoms with van der Waals surface area (Å²) in [6.07, 6.45) is -8.65. The number of halogens is 8. The molecule has 2 aliphatic rings. The minimum atomic E-state index is -4.91. The van der Waals surface area contributed by atoms with Crippen molar-refractivity contribution < 1.29 is 74.4 Å². The first-order valence-electron chi connectivity index (χ1n) is 18.4. The molecule has 59 heavy (non-hydrogen) atoms. The minimum Gasteiger partial charge on any atom is -0.511 e. The van der Waals surface area contributed by atoms with Crippen molar-refractivity contribution in [2.45, 2.75) is 82.2 Å². The summed E-state index contributed by atoms with van der Waals surface area (Å²) in [5, 5.41) is 31.4. The van der Waals surface area contributed by atoms with Crippen LogP contribution < -0.4 is 10.1 Å². The average molecular weight is 844 g/mol. The Hall–Kier alpha value is -5.43. The van der Waals surface area contributed by atoms with E-state index >= 15 is 8.78 Å². The quantitative estimate of drug-likeness (QED) is 0.0820. The Morgan fingerprint density at radius 3 is 2.37 bits per heavy atom. The molecule has 19 heteroatoms. The molecule has 0 fully saturated rings. The zero-order valence-electron chi connectivity index (χ0n) is 31.6. The highest BCUT2D eigenvalue weighted by atomic mass is 19.4. The maximum Gasteiger partial charge on any atom is 0.433 e. The van der Waals surface area contributed by atoms with E-state index in [1.807, 2.05) is 0 Å². The van der Waals surface area contributed by atoms with Gasteiger partial charge in [0, 0.05) is 44.5 Å². The second kappa shape index (κ2) is 20.0. The number of aliphatic carboxylic acids is 2. The number of hydrogen-bond donors (Lipinski definition) is 4. The highest BCUT2D eigenvalue weighted by Crippen LogP contribution is 2.37. The zero-order valence-corrected chi connectivity index (χ0v) is 31.6. The summed E-state index contributed by atoms with van der Waals surface area (Å²) in [4.78, 5) is 54.6. The van der Waals surface area contributed by atoms with Gasteiger partial charge in [0.05, 0.1) is 17.6 Å². The third kappa shape index (κ3) is 12.8. The first-order chi connectivity index (χ1) is 27.7. The topological polar surface area (TPSA) is 166 Å². The smallest absolute Gasteiger partial charge is 0.433 e. The van der Waals surface area contributed by atoms with Gasteiger partial charge in [0.25, 0.3) is 0 Å². The van der Waals surface area contributed by atoms with Crippen LogP contribution in [0.25, 0.3) is 5.57 Å². The van der Waals surface area contributed by atoms with Gasteiger partial charge in [-0.3, -0.25) is 24.2 Å². The summed E-state index contributed by atoms with van der Waals surface area (Å²) in [6, 6.07) is 2.48. The van der Waals surface area contributed by atoms with Crippen molar-refractivity contribution in [3.05, 3.63) is 93.4 Å². The van der Waals surface area contributed by atoms with Crippen molar-refractivity contribution in [3.63, 3.8) is 0 Å². The lowest BCUT2D eigenvalue weighted by atomic mass is 9.89. The lowest BCUT2D eigenvalue weighted by molar-refractivity contribution is -0.145. The molecule has 0 aliphatic carbocycles. The molecule has 4 N–H and O–H groups in total. The SMILES string of the molecule is CN1CCCC/C(O)=C(/C(=O)CCc2ccc(C(F)(F)F)cc2C2=CCC=NC(C(F)(F)F)=C2)C(=O)CC1Cc1ccc(OCCN[C@@H](CC(=O)O)C(=O)O)c(F)c1F. The lowest BCUT2D eigenvalue weighted by Gasteiger charge is -2.29. The molecular weight excluding hydrogens is 802 g/mol. The van der Waals surface area contributed by atoms with Crippen LogP contribution in [-0.4, -0.2) is 94.9 Å². The normalized spacial score (nSPS) is 19.1. The number of carbonyl (C=O) groups is 4. The maximum absolute atomic E-state index is 15.4. The number of rotatable bonds is 15. The van der Waals surface area contributed by atoms with Crippen LogP contribution in [0.3, 0.4) is 0 Å². The van der Waals surface area contributed by atoms with Gasteiger partial charge in [-0.1, -0.05) is 18.2 Å². The number of nitrogens with zero attached hydrogens (tertiary/aromatic N) is 2. The number of aliphatic hydroxyl groups excluding tert-OH is 1. The number of benzene rings is 2. The van der Waals surface area contributed by atoms with E-state index in [2.05, 4.69) is 10.3 Å². The average Bonchev–Trinajstić information content (AvgIpc) is 3.42. The van der Waals surface area contributed by atoms with Gasteiger partial charge in [0.2, 0.25) is 5.82 Å². The van der Waals surface area contributed by atoms with Crippen LogP contribution in [0.2, 0.25) is 0 Å². The molecule has 1 unspecified atom stereocenters. The van der Waals surface area contributed by atoms with E-state index in [1.54, 1.807) is 11.9 Å². The number of likely N-dealkylation sites (N-methyl/N-ethyl adjacent to an activating group) is 1. The van der Waals surface area contributed by atoms with Gasteiger partial charge in [-0.05, 0) is 85.8 Å². The van der Waals surface area contributed by atoms with E-state index in [-0.39, 0.29) is 61.1 Å². The van der Waals surface area contributed by atoms with E-state index in [0.29, 0.717) is 31.5 Å². The fourth-order valence-corrected chi connectivity index (χ4v) is 6.58. The highest BCUT2D eigenvalue weighted by molar-refractivity contribution is 6.20. The maximum atomic E-state index is 15.4. The third-order valence-electron chi connectivity index (χ3n) is 9.70. The van der Waals surface area contributed by atoms with Crippen LogP contribution in [0.1, 0.15) is 67.2 Å². The summed E-state index contributed by atoms with van der Waals surface area (Å²) in [7, 11) is 1.64. The van der Waals surface area contributed by atoms with Gasteiger partial charge < -0.3 is 30.3 Å².